The Bertz CT molecular complexity index is 948. The van der Waals surface area contributed by atoms with Crippen molar-refractivity contribution >= 4 is 33.2 Å². The Kier molecular flexibility index (Phi) is 6.03. The van der Waals surface area contributed by atoms with Crippen LogP contribution in [0.15, 0.2) is 47.4 Å². The molecule has 0 fully saturated rings. The van der Waals surface area contributed by atoms with E-state index in [9.17, 15) is 26.4 Å². The summed E-state index contributed by atoms with van der Waals surface area (Å²) in [7, 11) is -4.40. The van der Waals surface area contributed by atoms with E-state index in [0.717, 1.165) is 11.6 Å². The molecular formula is C16H15ClF3N3O3S. The van der Waals surface area contributed by atoms with Crippen LogP contribution in [0.4, 0.5) is 18.9 Å². The molecule has 3 N–H and O–H groups in total. The van der Waals surface area contributed by atoms with Crippen LogP contribution in [0.25, 0.3) is 0 Å². The topological polar surface area (TPSA) is 92.5 Å². The molecule has 0 heterocycles. The van der Waals surface area contributed by atoms with Crippen molar-refractivity contribution in [1.82, 2.24) is 5.43 Å². The van der Waals surface area contributed by atoms with Gasteiger partial charge in [-0.2, -0.15) is 13.2 Å². The second kappa shape index (κ2) is 7.75. The van der Waals surface area contributed by atoms with Crippen molar-refractivity contribution in [2.75, 3.05) is 10.8 Å². The number of amides is 1. The molecule has 1 amide bonds. The Balaban J connectivity index is 2.65. The van der Waals surface area contributed by atoms with Crippen LogP contribution in [-0.2, 0) is 21.0 Å². The summed E-state index contributed by atoms with van der Waals surface area (Å²) in [4.78, 5) is 11.5. The number of aryl methyl sites for hydroxylation is 1. The lowest BCUT2D eigenvalue weighted by Gasteiger charge is -2.25. The zero-order valence-electron chi connectivity index (χ0n) is 13.9. The second-order valence-electron chi connectivity index (χ2n) is 5.56. The van der Waals surface area contributed by atoms with E-state index in [0.29, 0.717) is 16.4 Å². The zero-order chi connectivity index (χ0) is 20.4. The fraction of sp³-hybridized carbons (Fsp3) is 0.188. The first-order chi connectivity index (χ1) is 12.5. The van der Waals surface area contributed by atoms with Crippen molar-refractivity contribution < 1.29 is 26.4 Å². The predicted octanol–water partition coefficient (Wildman–Crippen LogP) is 2.85. The number of hydrogen-bond donors (Lipinski definition) is 2. The molecule has 2 aromatic rings. The van der Waals surface area contributed by atoms with Crippen LogP contribution < -0.4 is 15.6 Å². The lowest BCUT2D eigenvalue weighted by atomic mass is 10.2. The summed E-state index contributed by atoms with van der Waals surface area (Å²) in [6.07, 6.45) is -4.73. The Morgan fingerprint density at radius 3 is 2.30 bits per heavy atom. The number of alkyl halides is 3. The Morgan fingerprint density at radius 1 is 1.19 bits per heavy atom. The Hall–Kier alpha value is -2.30. The molecule has 0 bridgehead atoms. The minimum atomic E-state index is -4.73. The molecule has 0 aliphatic rings. The molecule has 0 unspecified atom stereocenters. The molecule has 0 radical (unpaired) electrons. The molecule has 11 heteroatoms. The van der Waals surface area contributed by atoms with Gasteiger partial charge in [-0.1, -0.05) is 29.3 Å². The Morgan fingerprint density at radius 2 is 1.78 bits per heavy atom. The van der Waals surface area contributed by atoms with Crippen LogP contribution in [0.1, 0.15) is 11.1 Å². The number of nitrogens with one attached hydrogen (secondary N) is 1. The number of nitrogens with zero attached hydrogens (tertiary/aromatic N) is 1. The predicted molar refractivity (Wildman–Crippen MR) is 94.5 cm³/mol. The maximum absolute atomic E-state index is 13.0. The van der Waals surface area contributed by atoms with Crippen LogP contribution in [0.5, 0.6) is 0 Å². The maximum Gasteiger partial charge on any atom is 0.416 e. The first-order valence-corrected chi connectivity index (χ1v) is 9.24. The van der Waals surface area contributed by atoms with Gasteiger partial charge >= 0.3 is 6.18 Å². The number of benzene rings is 2. The van der Waals surface area contributed by atoms with E-state index < -0.39 is 39.9 Å². The summed E-state index contributed by atoms with van der Waals surface area (Å²) in [6, 6.07) is 7.78. The van der Waals surface area contributed by atoms with Gasteiger partial charge in [-0.05, 0) is 37.3 Å². The van der Waals surface area contributed by atoms with Gasteiger partial charge in [-0.15, -0.1) is 0 Å². The molecule has 2 aromatic carbocycles. The average Bonchev–Trinajstić information content (AvgIpc) is 2.59. The van der Waals surface area contributed by atoms with Gasteiger partial charge < -0.3 is 0 Å². The number of nitrogens with two attached hydrogens (primary N) is 1. The van der Waals surface area contributed by atoms with Crippen molar-refractivity contribution in [3.8, 4) is 0 Å². The van der Waals surface area contributed by atoms with E-state index in [1.807, 2.05) is 0 Å². The third-order valence-corrected chi connectivity index (χ3v) is 5.69. The normalized spacial score (nSPS) is 11.9. The first-order valence-electron chi connectivity index (χ1n) is 7.42. The molecule has 0 aliphatic heterocycles. The van der Waals surface area contributed by atoms with Gasteiger partial charge in [-0.25, -0.2) is 14.3 Å². The minimum absolute atomic E-state index is 0.216. The lowest BCUT2D eigenvalue weighted by molar-refractivity contribution is -0.137. The van der Waals surface area contributed by atoms with Crippen molar-refractivity contribution in [2.24, 2.45) is 5.84 Å². The van der Waals surface area contributed by atoms with E-state index in [4.69, 9.17) is 17.4 Å². The maximum atomic E-state index is 13.0. The second-order valence-corrected chi connectivity index (χ2v) is 7.83. The monoisotopic (exact) mass is 421 g/mol. The van der Waals surface area contributed by atoms with E-state index in [2.05, 4.69) is 0 Å². The zero-order valence-corrected chi connectivity index (χ0v) is 15.5. The van der Waals surface area contributed by atoms with Gasteiger partial charge in [0.25, 0.3) is 15.9 Å². The minimum Gasteiger partial charge on any atom is -0.293 e. The fourth-order valence-electron chi connectivity index (χ4n) is 2.19. The quantitative estimate of drug-likeness (QED) is 0.441. The van der Waals surface area contributed by atoms with E-state index in [1.165, 1.54) is 24.3 Å². The summed E-state index contributed by atoms with van der Waals surface area (Å²) in [5.74, 6) is 4.07. The highest BCUT2D eigenvalue weighted by molar-refractivity contribution is 7.92. The van der Waals surface area contributed by atoms with Gasteiger partial charge in [0.05, 0.1) is 21.2 Å². The molecule has 6 nitrogen and oxygen atoms in total. The average molecular weight is 422 g/mol. The van der Waals surface area contributed by atoms with Crippen molar-refractivity contribution in [3.63, 3.8) is 0 Å². The summed E-state index contributed by atoms with van der Waals surface area (Å²) in [5.41, 5.74) is 0.925. The van der Waals surface area contributed by atoms with E-state index in [-0.39, 0.29) is 9.92 Å². The highest BCUT2D eigenvalue weighted by atomic mass is 35.5. The first kappa shape index (κ1) is 21.0. The molecule has 0 atom stereocenters. The van der Waals surface area contributed by atoms with Crippen LogP contribution in [-0.4, -0.2) is 20.9 Å². The van der Waals surface area contributed by atoms with Crippen molar-refractivity contribution in [1.29, 1.82) is 0 Å². The van der Waals surface area contributed by atoms with Crippen LogP contribution >= 0.6 is 11.6 Å². The SMILES string of the molecule is Cc1ccc(S(=O)(=O)N(CC(=O)NN)c2cc(C(F)(F)F)ccc2Cl)cc1. The highest BCUT2D eigenvalue weighted by Gasteiger charge is 2.34. The standard InChI is InChI=1S/C16H15ClF3N3O3S/c1-10-2-5-12(6-3-10)27(25,26)23(9-15(24)22-21)14-8-11(16(18,19)20)4-7-13(14)17/h2-8H,9,21H2,1H3,(H,22,24). The molecule has 27 heavy (non-hydrogen) atoms. The van der Waals surface area contributed by atoms with Gasteiger partial charge in [-0.3, -0.25) is 14.5 Å². The smallest absolute Gasteiger partial charge is 0.293 e. The number of hydrazine groups is 1. The molecule has 146 valence electrons. The van der Waals surface area contributed by atoms with Crippen LogP contribution in [0.2, 0.25) is 5.02 Å². The van der Waals surface area contributed by atoms with E-state index in [1.54, 1.807) is 12.3 Å². The largest absolute Gasteiger partial charge is 0.416 e. The summed E-state index contributed by atoms with van der Waals surface area (Å²) in [6.45, 7) is 0.882. The molecule has 0 spiro atoms. The number of rotatable bonds is 5. The molecule has 0 saturated carbocycles. The summed E-state index contributed by atoms with van der Waals surface area (Å²) in [5, 5.41) is -0.275. The Labute approximate surface area is 158 Å². The van der Waals surface area contributed by atoms with Crippen LogP contribution in [0.3, 0.4) is 0 Å². The number of sulfonamides is 1. The number of carbonyl (C=O) groups excluding carboxylic acids is 1. The lowest BCUT2D eigenvalue weighted by Crippen LogP contribution is -2.43. The summed E-state index contributed by atoms with van der Waals surface area (Å²) < 4.78 is 65.6. The third kappa shape index (κ3) is 4.71. The molecule has 0 saturated heterocycles. The van der Waals surface area contributed by atoms with Gasteiger partial charge in [0.2, 0.25) is 0 Å². The molecular weight excluding hydrogens is 407 g/mol. The van der Waals surface area contributed by atoms with Gasteiger partial charge in [0.15, 0.2) is 0 Å². The molecule has 0 aromatic heterocycles. The summed E-state index contributed by atoms with van der Waals surface area (Å²) >= 11 is 5.95. The van der Waals surface area contributed by atoms with Gasteiger partial charge in [0.1, 0.15) is 6.54 Å². The van der Waals surface area contributed by atoms with Crippen molar-refractivity contribution in [2.45, 2.75) is 18.0 Å². The number of halogens is 4. The number of hydrogen-bond acceptors (Lipinski definition) is 4. The van der Waals surface area contributed by atoms with Crippen molar-refractivity contribution in [3.05, 3.63) is 58.6 Å². The fourth-order valence-corrected chi connectivity index (χ4v) is 3.89. The molecule has 0 aliphatic carbocycles. The number of carbonyl (C=O) groups is 1. The van der Waals surface area contributed by atoms with Gasteiger partial charge in [0, 0.05) is 0 Å². The molecule has 2 rings (SSSR count). The third-order valence-electron chi connectivity index (χ3n) is 3.60. The van der Waals surface area contributed by atoms with Crippen LogP contribution in [0, 0.1) is 6.92 Å². The van der Waals surface area contributed by atoms with E-state index >= 15 is 0 Å². The number of anilines is 1. The highest BCUT2D eigenvalue weighted by Crippen LogP contribution is 2.37.